The van der Waals surface area contributed by atoms with Gasteiger partial charge in [0.15, 0.2) is 0 Å². The average Bonchev–Trinajstić information content (AvgIpc) is 3.23. The largest absolute Gasteiger partial charge is 0.275 e. The molecule has 126 valence electrons. The third kappa shape index (κ3) is 2.85. The van der Waals surface area contributed by atoms with Crippen molar-refractivity contribution in [1.82, 2.24) is 9.55 Å². The second-order valence-corrected chi connectivity index (χ2v) is 7.74. The van der Waals surface area contributed by atoms with Crippen molar-refractivity contribution >= 4 is 46.6 Å². The van der Waals surface area contributed by atoms with Crippen LogP contribution in [0.3, 0.4) is 0 Å². The van der Waals surface area contributed by atoms with Crippen molar-refractivity contribution in [2.75, 3.05) is 0 Å². The van der Waals surface area contributed by atoms with Crippen molar-refractivity contribution in [3.05, 3.63) is 56.4 Å². The van der Waals surface area contributed by atoms with E-state index in [0.717, 1.165) is 21.9 Å². The second kappa shape index (κ2) is 6.08. The second-order valence-electron chi connectivity index (χ2n) is 6.64. The number of aromatic nitrogens is 2. The molecule has 2 atom stereocenters. The van der Waals surface area contributed by atoms with Gasteiger partial charge in [0.25, 0.3) is 5.56 Å². The third-order valence-electron chi connectivity index (χ3n) is 4.73. The Kier molecular flexibility index (Phi) is 3.88. The topological polar surface area (TPSA) is 47.2 Å². The molecule has 4 nitrogen and oxygen atoms in total. The van der Waals surface area contributed by atoms with Crippen molar-refractivity contribution in [2.24, 2.45) is 16.8 Å². The molecule has 2 aromatic heterocycles. The Balaban J connectivity index is 1.87. The SMILES string of the molecule is C=N/C=C\C=c1/c(=C)sc2c(=O)n(C3=CC4CC4C=C(C)C3)cnc12. The summed E-state index contributed by atoms with van der Waals surface area (Å²) in [7, 11) is 0. The van der Waals surface area contributed by atoms with Gasteiger partial charge in [0.05, 0.1) is 5.52 Å². The minimum atomic E-state index is -0.0106. The number of thiophene rings is 1. The highest BCUT2D eigenvalue weighted by atomic mass is 32.1. The van der Waals surface area contributed by atoms with Crippen molar-refractivity contribution in [3.8, 4) is 0 Å². The van der Waals surface area contributed by atoms with Gasteiger partial charge in [0, 0.05) is 28.1 Å². The van der Waals surface area contributed by atoms with Crippen molar-refractivity contribution in [1.29, 1.82) is 0 Å². The van der Waals surface area contributed by atoms with Gasteiger partial charge in [-0.15, -0.1) is 11.3 Å². The Hall–Kier alpha value is -2.53. The molecule has 2 aromatic rings. The van der Waals surface area contributed by atoms with Crippen LogP contribution in [0.25, 0.3) is 28.6 Å². The summed E-state index contributed by atoms with van der Waals surface area (Å²) < 4.78 is 3.19. The molecule has 2 unspecified atom stereocenters. The zero-order valence-corrected chi connectivity index (χ0v) is 14.9. The zero-order valence-electron chi connectivity index (χ0n) is 14.1. The maximum Gasteiger partial charge on any atom is 0.275 e. The van der Waals surface area contributed by atoms with Crippen molar-refractivity contribution in [3.63, 3.8) is 0 Å². The number of nitrogens with zero attached hydrogens (tertiary/aromatic N) is 3. The Labute approximate surface area is 149 Å². The molecule has 2 heterocycles. The molecule has 0 spiro atoms. The maximum atomic E-state index is 13.0. The van der Waals surface area contributed by atoms with Crippen molar-refractivity contribution in [2.45, 2.75) is 19.8 Å². The van der Waals surface area contributed by atoms with Crippen LogP contribution in [-0.2, 0) is 0 Å². The summed E-state index contributed by atoms with van der Waals surface area (Å²) >= 11 is 1.40. The molecule has 1 saturated carbocycles. The number of allylic oxidation sites excluding steroid dienone is 5. The molecule has 0 saturated heterocycles. The van der Waals surface area contributed by atoms with Crippen LogP contribution in [0.2, 0.25) is 0 Å². The van der Waals surface area contributed by atoms with E-state index in [2.05, 4.69) is 42.3 Å². The molecule has 0 bridgehead atoms. The molecule has 1 fully saturated rings. The molecule has 5 heteroatoms. The van der Waals surface area contributed by atoms with Crippen LogP contribution in [0.5, 0.6) is 0 Å². The molecule has 0 N–H and O–H groups in total. The molecular formula is C20H19N3OS. The fraction of sp³-hybridized carbons (Fsp3) is 0.250. The first kappa shape index (κ1) is 16.0. The molecule has 0 aliphatic heterocycles. The lowest BCUT2D eigenvalue weighted by Gasteiger charge is -2.10. The van der Waals surface area contributed by atoms with E-state index < -0.39 is 0 Å². The predicted molar refractivity (Wildman–Crippen MR) is 106 cm³/mol. The minimum absolute atomic E-state index is 0.0106. The summed E-state index contributed by atoms with van der Waals surface area (Å²) in [6.07, 6.45) is 13.5. The van der Waals surface area contributed by atoms with Gasteiger partial charge in [0.2, 0.25) is 0 Å². The molecule has 2 aliphatic rings. The fourth-order valence-corrected chi connectivity index (χ4v) is 4.37. The summed E-state index contributed by atoms with van der Waals surface area (Å²) in [5, 5.41) is 0.873. The van der Waals surface area contributed by atoms with Crippen LogP contribution in [0.15, 0.2) is 46.1 Å². The molecule has 4 rings (SSSR count). The van der Waals surface area contributed by atoms with E-state index in [1.165, 1.54) is 23.3 Å². The van der Waals surface area contributed by atoms with E-state index >= 15 is 0 Å². The molecule has 2 aliphatic carbocycles. The van der Waals surface area contributed by atoms with Gasteiger partial charge in [-0.25, -0.2) is 4.98 Å². The van der Waals surface area contributed by atoms with Gasteiger partial charge in [-0.1, -0.05) is 24.3 Å². The standard InChI is InChI=1S/C20H19N3OS/c1-12-7-14-9-15(14)10-16(8-12)23-11-22-18-17(5-4-6-21-3)13(2)25-19(18)20(23)24/h4-7,10-11,14-15H,2-3,8-9H2,1H3/b6-4-,17-5+. The summed E-state index contributed by atoms with van der Waals surface area (Å²) in [6.45, 7) is 9.61. The van der Waals surface area contributed by atoms with Crippen LogP contribution in [0, 0.1) is 11.8 Å². The Morgan fingerprint density at radius 1 is 1.40 bits per heavy atom. The quantitative estimate of drug-likeness (QED) is 0.632. The fourth-order valence-electron chi connectivity index (χ4n) is 3.41. The van der Waals surface area contributed by atoms with E-state index in [9.17, 15) is 4.79 Å². The molecule has 0 amide bonds. The lowest BCUT2D eigenvalue weighted by Crippen LogP contribution is -2.21. The third-order valence-corrected chi connectivity index (χ3v) is 5.77. The smallest absolute Gasteiger partial charge is 0.273 e. The highest BCUT2D eigenvalue weighted by molar-refractivity contribution is 7.16. The first-order chi connectivity index (χ1) is 12.1. The summed E-state index contributed by atoms with van der Waals surface area (Å²) in [4.78, 5) is 21.3. The van der Waals surface area contributed by atoms with E-state index in [-0.39, 0.29) is 5.56 Å². The van der Waals surface area contributed by atoms with Gasteiger partial charge >= 0.3 is 0 Å². The number of fused-ring (bicyclic) bond motifs is 2. The van der Waals surface area contributed by atoms with Crippen LogP contribution < -0.4 is 15.3 Å². The Bertz CT molecular complexity index is 1130. The summed E-state index contributed by atoms with van der Waals surface area (Å²) in [5.74, 6) is 1.23. The highest BCUT2D eigenvalue weighted by Gasteiger charge is 2.35. The molecule has 25 heavy (non-hydrogen) atoms. The molecule has 0 aromatic carbocycles. The van der Waals surface area contributed by atoms with Gasteiger partial charge in [-0.3, -0.25) is 14.4 Å². The predicted octanol–water partition coefficient (Wildman–Crippen LogP) is 2.69. The van der Waals surface area contributed by atoms with Crippen LogP contribution in [0.1, 0.15) is 19.8 Å². The van der Waals surface area contributed by atoms with Gasteiger partial charge in [-0.05, 0) is 44.0 Å². The first-order valence-corrected chi connectivity index (χ1v) is 9.10. The van der Waals surface area contributed by atoms with Crippen LogP contribution in [0.4, 0.5) is 0 Å². The van der Waals surface area contributed by atoms with E-state index in [0.29, 0.717) is 22.1 Å². The first-order valence-electron chi connectivity index (χ1n) is 8.28. The van der Waals surface area contributed by atoms with Crippen LogP contribution in [-0.4, -0.2) is 16.3 Å². The minimum Gasteiger partial charge on any atom is -0.273 e. The molecule has 0 radical (unpaired) electrons. The molecular weight excluding hydrogens is 330 g/mol. The van der Waals surface area contributed by atoms with Crippen LogP contribution >= 0.6 is 11.3 Å². The maximum absolute atomic E-state index is 13.0. The zero-order chi connectivity index (χ0) is 17.6. The van der Waals surface area contributed by atoms with E-state index in [1.54, 1.807) is 23.2 Å². The summed E-state index contributed by atoms with van der Waals surface area (Å²) in [5.41, 5.74) is 3.06. The van der Waals surface area contributed by atoms with E-state index in [1.807, 2.05) is 6.08 Å². The van der Waals surface area contributed by atoms with Crippen molar-refractivity contribution < 1.29 is 0 Å². The van der Waals surface area contributed by atoms with Gasteiger partial charge < -0.3 is 0 Å². The average molecular weight is 349 g/mol. The number of hydrogen-bond acceptors (Lipinski definition) is 4. The van der Waals surface area contributed by atoms with E-state index in [4.69, 9.17) is 0 Å². The number of aliphatic imine (C=N–C) groups is 1. The van der Waals surface area contributed by atoms with Gasteiger partial charge in [0.1, 0.15) is 11.0 Å². The highest BCUT2D eigenvalue weighted by Crippen LogP contribution is 2.45. The lowest BCUT2D eigenvalue weighted by atomic mass is 10.1. The van der Waals surface area contributed by atoms with Gasteiger partial charge in [-0.2, -0.15) is 0 Å². The Morgan fingerprint density at radius 3 is 3.00 bits per heavy atom. The number of hydrogen-bond donors (Lipinski definition) is 0. The normalized spacial score (nSPS) is 23.3. The summed E-state index contributed by atoms with van der Waals surface area (Å²) in [6, 6.07) is 0. The number of rotatable bonds is 3. The monoisotopic (exact) mass is 349 g/mol. The lowest BCUT2D eigenvalue weighted by molar-refractivity contribution is 0.931. The Morgan fingerprint density at radius 2 is 2.20 bits per heavy atom.